The van der Waals surface area contributed by atoms with Crippen LogP contribution in [-0.2, 0) is 12.7 Å². The van der Waals surface area contributed by atoms with E-state index in [0.29, 0.717) is 6.07 Å². The lowest BCUT2D eigenvalue weighted by Crippen LogP contribution is -2.14. The minimum absolute atomic E-state index is 0.0249. The number of nitrogens with two attached hydrogens (primary N) is 1. The van der Waals surface area contributed by atoms with Gasteiger partial charge in [0.1, 0.15) is 5.69 Å². The van der Waals surface area contributed by atoms with Crippen molar-refractivity contribution in [1.82, 2.24) is 4.98 Å². The number of aromatic nitrogens is 1. The molecular weight excluding hydrogens is 346 g/mol. The van der Waals surface area contributed by atoms with E-state index in [1.54, 1.807) is 0 Å². The highest BCUT2D eigenvalue weighted by molar-refractivity contribution is 14.1. The third kappa shape index (κ3) is 2.78. The smallest absolute Gasteiger partial charge is 0.325 e. The topological polar surface area (TPSA) is 38.9 Å². The summed E-state index contributed by atoms with van der Waals surface area (Å²) in [4.78, 5) is 3.21. The Bertz CT molecular complexity index is 391. The van der Waals surface area contributed by atoms with Crippen LogP contribution in [-0.4, -0.2) is 4.98 Å². The number of hydrogen-bond donors (Lipinski definition) is 1. The Morgan fingerprint density at radius 2 is 1.94 bits per heavy atom. The maximum absolute atomic E-state index is 12.5. The van der Waals surface area contributed by atoms with Crippen molar-refractivity contribution in [2.75, 3.05) is 0 Å². The van der Waals surface area contributed by atoms with Crippen molar-refractivity contribution in [3.63, 3.8) is 0 Å². The molecule has 1 aromatic rings. The molecule has 90 valence electrons. The second-order valence-corrected chi connectivity index (χ2v) is 3.94. The second-order valence-electron chi connectivity index (χ2n) is 2.86. The Kier molecular flexibility index (Phi) is 4.05. The fourth-order valence-corrected chi connectivity index (χ4v) is 1.78. The lowest BCUT2D eigenvalue weighted by Gasteiger charge is -2.12. The molecule has 0 spiro atoms. The van der Waals surface area contributed by atoms with Gasteiger partial charge in [-0.2, -0.15) is 13.2 Å². The van der Waals surface area contributed by atoms with Gasteiger partial charge in [-0.15, -0.1) is 0 Å². The van der Waals surface area contributed by atoms with Crippen LogP contribution in [0.1, 0.15) is 23.4 Å². The average molecular weight is 352 g/mol. The van der Waals surface area contributed by atoms with E-state index in [1.807, 2.05) is 0 Å². The van der Waals surface area contributed by atoms with Gasteiger partial charge in [0.15, 0.2) is 0 Å². The number of rotatable bonds is 2. The molecule has 0 amide bonds. The quantitative estimate of drug-likeness (QED) is 0.656. The summed E-state index contributed by atoms with van der Waals surface area (Å²) in [6.07, 6.45) is -7.74. The summed E-state index contributed by atoms with van der Waals surface area (Å²) in [5.74, 6) is 0. The Morgan fingerprint density at radius 1 is 1.38 bits per heavy atom. The maximum Gasteiger partial charge on any atom is 0.433 e. The lowest BCUT2D eigenvalue weighted by atomic mass is 10.2. The van der Waals surface area contributed by atoms with Gasteiger partial charge in [-0.25, -0.2) is 13.8 Å². The monoisotopic (exact) mass is 352 g/mol. The van der Waals surface area contributed by atoms with E-state index < -0.39 is 23.9 Å². The van der Waals surface area contributed by atoms with Crippen molar-refractivity contribution < 1.29 is 22.0 Å². The van der Waals surface area contributed by atoms with Gasteiger partial charge in [0.2, 0.25) is 0 Å². The number of pyridine rings is 1. The van der Waals surface area contributed by atoms with E-state index in [1.165, 1.54) is 22.6 Å². The first-order valence-corrected chi connectivity index (χ1v) is 5.10. The van der Waals surface area contributed by atoms with Crippen LogP contribution in [0.5, 0.6) is 0 Å². The minimum Gasteiger partial charge on any atom is -0.325 e. The van der Waals surface area contributed by atoms with Crippen LogP contribution in [0.3, 0.4) is 0 Å². The summed E-state index contributed by atoms with van der Waals surface area (Å²) in [5.41, 5.74) is 2.94. The van der Waals surface area contributed by atoms with Gasteiger partial charge in [0.25, 0.3) is 6.43 Å². The van der Waals surface area contributed by atoms with E-state index in [9.17, 15) is 22.0 Å². The Balaban J connectivity index is 3.40. The SMILES string of the molecule is NCc1nc(C(F)(F)F)cc(C(F)F)c1I. The van der Waals surface area contributed by atoms with Gasteiger partial charge in [-0.1, -0.05) is 0 Å². The molecule has 0 atom stereocenters. The fourth-order valence-electron chi connectivity index (χ4n) is 1.04. The van der Waals surface area contributed by atoms with Crippen LogP contribution < -0.4 is 5.73 Å². The van der Waals surface area contributed by atoms with Crippen LogP contribution in [0.2, 0.25) is 0 Å². The first kappa shape index (κ1) is 13.6. The van der Waals surface area contributed by atoms with Gasteiger partial charge in [-0.05, 0) is 28.7 Å². The molecule has 1 rings (SSSR count). The number of alkyl halides is 5. The van der Waals surface area contributed by atoms with E-state index in [-0.39, 0.29) is 15.8 Å². The molecule has 0 fully saturated rings. The van der Waals surface area contributed by atoms with Crippen molar-refractivity contribution in [3.05, 3.63) is 26.6 Å². The summed E-state index contributed by atoms with van der Waals surface area (Å²) in [5, 5.41) is 0. The van der Waals surface area contributed by atoms with E-state index in [0.717, 1.165) is 0 Å². The third-order valence-corrected chi connectivity index (χ3v) is 3.02. The molecule has 1 aromatic heterocycles. The zero-order valence-corrected chi connectivity index (χ0v) is 9.81. The highest BCUT2D eigenvalue weighted by atomic mass is 127. The number of nitrogens with zero attached hydrogens (tertiary/aromatic N) is 1. The van der Waals surface area contributed by atoms with Crippen LogP contribution in [0, 0.1) is 3.57 Å². The maximum atomic E-state index is 12.5. The fraction of sp³-hybridized carbons (Fsp3) is 0.375. The predicted molar refractivity (Wildman–Crippen MR) is 54.8 cm³/mol. The van der Waals surface area contributed by atoms with Crippen molar-refractivity contribution in [1.29, 1.82) is 0 Å². The molecule has 0 saturated heterocycles. The molecule has 2 N–H and O–H groups in total. The molecule has 0 aromatic carbocycles. The molecule has 8 heteroatoms. The van der Waals surface area contributed by atoms with Crippen LogP contribution in [0.15, 0.2) is 6.07 Å². The zero-order chi connectivity index (χ0) is 12.5. The van der Waals surface area contributed by atoms with Crippen molar-refractivity contribution in [2.24, 2.45) is 5.73 Å². The molecule has 0 aliphatic heterocycles. The van der Waals surface area contributed by atoms with Crippen LogP contribution >= 0.6 is 22.6 Å². The Hall–Kier alpha value is -0.510. The molecule has 0 radical (unpaired) electrons. The van der Waals surface area contributed by atoms with Crippen molar-refractivity contribution >= 4 is 22.6 Å². The first-order valence-electron chi connectivity index (χ1n) is 4.02. The molecule has 0 aliphatic carbocycles. The standard InChI is InChI=1S/C8H6F5IN2/c9-7(10)3-1-5(8(11,12)13)16-4(2-15)6(3)14/h1,7H,2,15H2. The molecule has 2 nitrogen and oxygen atoms in total. The summed E-state index contributed by atoms with van der Waals surface area (Å²) in [6.45, 7) is -0.318. The first-order chi connectivity index (χ1) is 7.27. The molecule has 0 saturated carbocycles. The molecule has 0 aliphatic rings. The molecule has 0 bridgehead atoms. The average Bonchev–Trinajstić information content (AvgIpc) is 2.15. The summed E-state index contributed by atoms with van der Waals surface area (Å²) in [7, 11) is 0. The Morgan fingerprint density at radius 3 is 2.31 bits per heavy atom. The summed E-state index contributed by atoms with van der Waals surface area (Å²) in [6, 6.07) is 0.353. The number of halogens is 6. The predicted octanol–water partition coefficient (Wildman–Crippen LogP) is 3.10. The number of hydrogen-bond acceptors (Lipinski definition) is 2. The van der Waals surface area contributed by atoms with E-state index >= 15 is 0 Å². The normalized spacial score (nSPS) is 12.2. The molecule has 16 heavy (non-hydrogen) atoms. The van der Waals surface area contributed by atoms with Crippen LogP contribution in [0.25, 0.3) is 0 Å². The zero-order valence-electron chi connectivity index (χ0n) is 7.65. The minimum atomic E-state index is -4.75. The largest absolute Gasteiger partial charge is 0.433 e. The Labute approximate surface area is 101 Å². The van der Waals surface area contributed by atoms with Crippen molar-refractivity contribution in [2.45, 2.75) is 19.1 Å². The van der Waals surface area contributed by atoms with Gasteiger partial charge in [0.05, 0.1) is 5.69 Å². The van der Waals surface area contributed by atoms with Gasteiger partial charge in [-0.3, -0.25) is 0 Å². The second kappa shape index (κ2) is 4.78. The molecular formula is C8H6F5IN2. The highest BCUT2D eigenvalue weighted by Crippen LogP contribution is 2.33. The van der Waals surface area contributed by atoms with Gasteiger partial charge < -0.3 is 5.73 Å². The van der Waals surface area contributed by atoms with Gasteiger partial charge >= 0.3 is 6.18 Å². The van der Waals surface area contributed by atoms with E-state index in [4.69, 9.17) is 5.73 Å². The third-order valence-electron chi connectivity index (χ3n) is 1.77. The molecule has 0 unspecified atom stereocenters. The molecule has 1 heterocycles. The summed E-state index contributed by atoms with van der Waals surface area (Å²) < 4.78 is 61.9. The van der Waals surface area contributed by atoms with Gasteiger partial charge in [0, 0.05) is 15.7 Å². The van der Waals surface area contributed by atoms with Crippen molar-refractivity contribution in [3.8, 4) is 0 Å². The van der Waals surface area contributed by atoms with E-state index in [2.05, 4.69) is 4.98 Å². The van der Waals surface area contributed by atoms with Crippen LogP contribution in [0.4, 0.5) is 22.0 Å². The highest BCUT2D eigenvalue weighted by Gasteiger charge is 2.34. The lowest BCUT2D eigenvalue weighted by molar-refractivity contribution is -0.141. The summed E-state index contributed by atoms with van der Waals surface area (Å²) >= 11 is 1.51.